The maximum atomic E-state index is 10.6. The number of ketones is 1. The Balaban J connectivity index is 0. The van der Waals surface area contributed by atoms with E-state index in [0.29, 0.717) is 5.92 Å². The van der Waals surface area contributed by atoms with Crippen molar-refractivity contribution in [1.82, 2.24) is 0 Å². The zero-order valence-corrected chi connectivity index (χ0v) is 7.57. The number of rotatable bonds is 3. The van der Waals surface area contributed by atoms with Crippen molar-refractivity contribution in [2.45, 2.75) is 33.2 Å². The molecule has 2 nitrogen and oxygen atoms in total. The summed E-state index contributed by atoms with van der Waals surface area (Å²) in [7, 11) is 0. The van der Waals surface area contributed by atoms with Gasteiger partial charge in [0, 0.05) is 0 Å². The zero-order valence-electron chi connectivity index (χ0n) is 6.76. The first-order chi connectivity index (χ1) is 4.04. The van der Waals surface area contributed by atoms with Gasteiger partial charge in [0.25, 0.3) is 0 Å². The van der Waals surface area contributed by atoms with E-state index >= 15 is 0 Å². The van der Waals surface area contributed by atoms with Crippen molar-refractivity contribution in [3.05, 3.63) is 0 Å². The van der Waals surface area contributed by atoms with Gasteiger partial charge in [-0.3, -0.25) is 4.79 Å². The lowest BCUT2D eigenvalue weighted by molar-refractivity contribution is -0.118. The first kappa shape index (κ1) is 12.6. The summed E-state index contributed by atoms with van der Waals surface area (Å²) in [5, 5.41) is 0. The molecule has 62 valence electrons. The second-order valence-electron chi connectivity index (χ2n) is 2.85. The van der Waals surface area contributed by atoms with Gasteiger partial charge in [-0.25, -0.2) is 0 Å². The van der Waals surface area contributed by atoms with E-state index in [4.69, 9.17) is 5.73 Å². The molecule has 0 aliphatic carbocycles. The molecule has 0 heterocycles. The SMILES string of the molecule is CC(=O)[C@H](N)CC(C)C.Cl. The summed E-state index contributed by atoms with van der Waals surface area (Å²) in [6, 6.07) is -0.245. The molecule has 0 saturated carbocycles. The fourth-order valence-electron chi connectivity index (χ4n) is 0.674. The van der Waals surface area contributed by atoms with E-state index < -0.39 is 0 Å². The number of carbonyl (C=O) groups excluding carboxylic acids is 1. The minimum atomic E-state index is -0.245. The Kier molecular flexibility index (Phi) is 7.15. The zero-order chi connectivity index (χ0) is 7.44. The smallest absolute Gasteiger partial charge is 0.146 e. The predicted octanol–water partition coefficient (Wildman–Crippen LogP) is 1.37. The molecule has 0 saturated heterocycles. The van der Waals surface area contributed by atoms with E-state index in [-0.39, 0.29) is 24.2 Å². The highest BCUT2D eigenvalue weighted by molar-refractivity contribution is 5.85. The number of halogens is 1. The third-order valence-corrected chi connectivity index (χ3v) is 1.25. The minimum Gasteiger partial charge on any atom is -0.322 e. The van der Waals surface area contributed by atoms with Gasteiger partial charge in [-0.05, 0) is 19.3 Å². The maximum absolute atomic E-state index is 10.6. The standard InChI is InChI=1S/C7H15NO.ClH/c1-5(2)4-7(8)6(3)9;/h5,7H,4,8H2,1-3H3;1H/t7-;/m1./s1. The van der Waals surface area contributed by atoms with Gasteiger partial charge in [0.2, 0.25) is 0 Å². The van der Waals surface area contributed by atoms with Crippen molar-refractivity contribution >= 4 is 18.2 Å². The second-order valence-corrected chi connectivity index (χ2v) is 2.85. The van der Waals surface area contributed by atoms with Gasteiger partial charge in [-0.15, -0.1) is 12.4 Å². The van der Waals surface area contributed by atoms with Crippen LogP contribution in [-0.4, -0.2) is 11.8 Å². The summed E-state index contributed by atoms with van der Waals surface area (Å²) in [6.45, 7) is 5.65. The molecule has 2 N–H and O–H groups in total. The lowest BCUT2D eigenvalue weighted by Crippen LogP contribution is -2.29. The molecule has 0 aromatic heterocycles. The Morgan fingerprint density at radius 2 is 1.90 bits per heavy atom. The number of hydrogen-bond acceptors (Lipinski definition) is 2. The van der Waals surface area contributed by atoms with E-state index in [1.165, 1.54) is 6.92 Å². The van der Waals surface area contributed by atoms with Crippen molar-refractivity contribution in [3.63, 3.8) is 0 Å². The molecule has 1 atom stereocenters. The van der Waals surface area contributed by atoms with Gasteiger partial charge in [0.05, 0.1) is 6.04 Å². The van der Waals surface area contributed by atoms with Gasteiger partial charge in [0.1, 0.15) is 5.78 Å². The molecule has 0 aliphatic rings. The Bertz CT molecular complexity index is 104. The van der Waals surface area contributed by atoms with Crippen LogP contribution in [0.25, 0.3) is 0 Å². The van der Waals surface area contributed by atoms with Crippen molar-refractivity contribution in [1.29, 1.82) is 0 Å². The highest BCUT2D eigenvalue weighted by atomic mass is 35.5. The van der Waals surface area contributed by atoms with Crippen LogP contribution in [0.2, 0.25) is 0 Å². The van der Waals surface area contributed by atoms with Crippen LogP contribution in [-0.2, 0) is 4.79 Å². The van der Waals surface area contributed by atoms with Crippen molar-refractivity contribution in [2.24, 2.45) is 11.7 Å². The average molecular weight is 166 g/mol. The van der Waals surface area contributed by atoms with Crippen LogP contribution in [0, 0.1) is 5.92 Å². The lowest BCUT2D eigenvalue weighted by atomic mass is 10.0. The molecule has 10 heavy (non-hydrogen) atoms. The van der Waals surface area contributed by atoms with E-state index in [9.17, 15) is 4.79 Å². The molecule has 0 fully saturated rings. The highest BCUT2D eigenvalue weighted by Crippen LogP contribution is 2.02. The molecule has 0 radical (unpaired) electrons. The number of hydrogen-bond donors (Lipinski definition) is 1. The van der Waals surface area contributed by atoms with Crippen LogP contribution in [0.15, 0.2) is 0 Å². The number of Topliss-reactive ketones (excluding diaryl/α,β-unsaturated/α-hetero) is 1. The fourth-order valence-corrected chi connectivity index (χ4v) is 0.674. The van der Waals surface area contributed by atoms with Gasteiger partial charge in [-0.2, -0.15) is 0 Å². The van der Waals surface area contributed by atoms with E-state index in [2.05, 4.69) is 13.8 Å². The van der Waals surface area contributed by atoms with Crippen molar-refractivity contribution in [2.75, 3.05) is 0 Å². The van der Waals surface area contributed by atoms with Crippen molar-refractivity contribution in [3.8, 4) is 0 Å². The number of nitrogens with two attached hydrogens (primary N) is 1. The largest absolute Gasteiger partial charge is 0.322 e. The Labute approximate surface area is 68.6 Å². The Morgan fingerprint density at radius 3 is 2.00 bits per heavy atom. The normalized spacial score (nSPS) is 12.5. The van der Waals surface area contributed by atoms with Gasteiger partial charge >= 0.3 is 0 Å². The molecule has 0 unspecified atom stereocenters. The highest BCUT2D eigenvalue weighted by Gasteiger charge is 2.08. The second kappa shape index (κ2) is 5.69. The first-order valence-corrected chi connectivity index (χ1v) is 3.30. The summed E-state index contributed by atoms with van der Waals surface area (Å²) < 4.78 is 0. The molecule has 0 rings (SSSR count). The van der Waals surface area contributed by atoms with E-state index in [1.807, 2.05) is 0 Å². The summed E-state index contributed by atoms with van der Waals surface area (Å²) in [5.74, 6) is 0.604. The predicted molar refractivity (Wildman–Crippen MR) is 45.4 cm³/mol. The third kappa shape index (κ3) is 6.05. The maximum Gasteiger partial charge on any atom is 0.146 e. The molecule has 0 spiro atoms. The lowest BCUT2D eigenvalue weighted by Gasteiger charge is -2.08. The van der Waals surface area contributed by atoms with Crippen LogP contribution >= 0.6 is 12.4 Å². The van der Waals surface area contributed by atoms with Crippen LogP contribution in [0.1, 0.15) is 27.2 Å². The molecular weight excluding hydrogens is 150 g/mol. The molecule has 0 aliphatic heterocycles. The van der Waals surface area contributed by atoms with Crippen LogP contribution in [0.5, 0.6) is 0 Å². The molecular formula is C7H16ClNO. The van der Waals surface area contributed by atoms with E-state index in [1.54, 1.807) is 0 Å². The molecule has 0 aromatic rings. The molecule has 3 heteroatoms. The topological polar surface area (TPSA) is 43.1 Å². The summed E-state index contributed by atoms with van der Waals surface area (Å²) in [4.78, 5) is 10.6. The van der Waals surface area contributed by atoms with Gasteiger partial charge < -0.3 is 5.73 Å². The number of carbonyl (C=O) groups is 1. The first-order valence-electron chi connectivity index (χ1n) is 3.30. The quantitative estimate of drug-likeness (QED) is 0.687. The third-order valence-electron chi connectivity index (χ3n) is 1.25. The summed E-state index contributed by atoms with van der Waals surface area (Å²) in [6.07, 6.45) is 0.801. The van der Waals surface area contributed by atoms with Crippen LogP contribution in [0.3, 0.4) is 0 Å². The summed E-state index contributed by atoms with van der Waals surface area (Å²) >= 11 is 0. The van der Waals surface area contributed by atoms with Gasteiger partial charge in [-0.1, -0.05) is 13.8 Å². The fraction of sp³-hybridized carbons (Fsp3) is 0.857. The Hall–Kier alpha value is -0.0800. The minimum absolute atomic E-state index is 0. The van der Waals surface area contributed by atoms with Crippen molar-refractivity contribution < 1.29 is 4.79 Å². The molecule has 0 aromatic carbocycles. The average Bonchev–Trinajstić information content (AvgIpc) is 1.63. The molecule has 0 bridgehead atoms. The van der Waals surface area contributed by atoms with Gasteiger partial charge in [0.15, 0.2) is 0 Å². The van der Waals surface area contributed by atoms with Crippen LogP contribution in [0.4, 0.5) is 0 Å². The molecule has 0 amide bonds. The Morgan fingerprint density at radius 1 is 1.50 bits per heavy atom. The summed E-state index contributed by atoms with van der Waals surface area (Å²) in [5.41, 5.74) is 5.47. The van der Waals surface area contributed by atoms with Crippen LogP contribution < -0.4 is 5.73 Å². The monoisotopic (exact) mass is 165 g/mol. The van der Waals surface area contributed by atoms with E-state index in [0.717, 1.165) is 6.42 Å².